The molecule has 1 aromatic carbocycles. The predicted octanol–water partition coefficient (Wildman–Crippen LogP) is 3.37. The fourth-order valence-electron chi connectivity index (χ4n) is 1.53. The van der Waals surface area contributed by atoms with Crippen molar-refractivity contribution < 1.29 is 9.84 Å². The van der Waals surface area contributed by atoms with E-state index in [1.54, 1.807) is 37.5 Å². The number of aromatic nitrogens is 1. The molecule has 0 aliphatic carbocycles. The Labute approximate surface area is 111 Å². The van der Waals surface area contributed by atoms with E-state index in [1.165, 1.54) is 0 Å². The lowest BCUT2D eigenvalue weighted by Gasteiger charge is -2.10. The number of nitrogens with zero attached hydrogens (tertiary/aromatic N) is 1. The van der Waals surface area contributed by atoms with E-state index in [0.717, 1.165) is 11.1 Å². The molecule has 0 spiro atoms. The number of aliphatic hydroxyl groups is 1. The third-order valence-electron chi connectivity index (χ3n) is 2.58. The van der Waals surface area contributed by atoms with Gasteiger partial charge in [-0.3, -0.25) is 4.98 Å². The maximum Gasteiger partial charge on any atom is 0.138 e. The summed E-state index contributed by atoms with van der Waals surface area (Å²) in [5, 5.41) is 9.94. The van der Waals surface area contributed by atoms with Gasteiger partial charge in [-0.15, -0.1) is 0 Å². The molecular formula is C14H14ClNO2. The second-order valence-corrected chi connectivity index (χ2v) is 4.42. The molecule has 0 radical (unpaired) electrons. The van der Waals surface area contributed by atoms with Crippen LogP contribution in [0.3, 0.4) is 0 Å². The van der Waals surface area contributed by atoms with E-state index in [-0.39, 0.29) is 0 Å². The maximum absolute atomic E-state index is 9.44. The zero-order valence-corrected chi connectivity index (χ0v) is 10.8. The van der Waals surface area contributed by atoms with Gasteiger partial charge >= 0.3 is 0 Å². The third-order valence-corrected chi connectivity index (χ3v) is 2.88. The summed E-state index contributed by atoms with van der Waals surface area (Å²) in [6.45, 7) is 2.14. The van der Waals surface area contributed by atoms with Crippen molar-refractivity contribution in [3.8, 4) is 5.75 Å². The van der Waals surface area contributed by atoms with E-state index in [4.69, 9.17) is 16.3 Å². The molecule has 0 saturated heterocycles. The van der Waals surface area contributed by atoms with Crippen LogP contribution in [0, 0.1) is 0 Å². The van der Waals surface area contributed by atoms with Crippen LogP contribution in [0.15, 0.2) is 42.7 Å². The summed E-state index contributed by atoms with van der Waals surface area (Å²) in [6, 6.07) is 9.06. The van der Waals surface area contributed by atoms with Gasteiger partial charge in [-0.25, -0.2) is 0 Å². The SMILES string of the molecule is C[C@@H](O)c1ccc(OCc2ccncc2)c(Cl)c1. The summed E-state index contributed by atoms with van der Waals surface area (Å²) in [5.74, 6) is 0.609. The fourth-order valence-corrected chi connectivity index (χ4v) is 1.78. The Balaban J connectivity index is 2.06. The third kappa shape index (κ3) is 3.22. The first-order valence-electron chi connectivity index (χ1n) is 5.66. The molecule has 3 nitrogen and oxygen atoms in total. The Morgan fingerprint density at radius 2 is 2.00 bits per heavy atom. The first-order chi connectivity index (χ1) is 8.66. The number of hydrogen-bond acceptors (Lipinski definition) is 3. The normalized spacial score (nSPS) is 12.2. The molecule has 1 N–H and O–H groups in total. The lowest BCUT2D eigenvalue weighted by atomic mass is 10.1. The van der Waals surface area contributed by atoms with Crippen molar-refractivity contribution in [2.24, 2.45) is 0 Å². The van der Waals surface area contributed by atoms with E-state index < -0.39 is 6.10 Å². The van der Waals surface area contributed by atoms with Crippen molar-refractivity contribution in [3.05, 3.63) is 58.9 Å². The lowest BCUT2D eigenvalue weighted by Crippen LogP contribution is -1.97. The van der Waals surface area contributed by atoms with Gasteiger partial charge in [0.1, 0.15) is 12.4 Å². The topological polar surface area (TPSA) is 42.4 Å². The minimum absolute atomic E-state index is 0.441. The van der Waals surface area contributed by atoms with E-state index in [2.05, 4.69) is 4.98 Å². The quantitative estimate of drug-likeness (QED) is 0.920. The first kappa shape index (κ1) is 12.9. The molecule has 4 heteroatoms. The molecule has 2 rings (SSSR count). The van der Waals surface area contributed by atoms with Gasteiger partial charge < -0.3 is 9.84 Å². The van der Waals surface area contributed by atoms with Gasteiger partial charge in [-0.05, 0) is 42.3 Å². The lowest BCUT2D eigenvalue weighted by molar-refractivity contribution is 0.199. The molecule has 1 heterocycles. The van der Waals surface area contributed by atoms with E-state index in [0.29, 0.717) is 17.4 Å². The largest absolute Gasteiger partial charge is 0.487 e. The van der Waals surface area contributed by atoms with Gasteiger partial charge in [0, 0.05) is 12.4 Å². The van der Waals surface area contributed by atoms with Gasteiger partial charge in [0.25, 0.3) is 0 Å². The Morgan fingerprint density at radius 1 is 1.28 bits per heavy atom. The van der Waals surface area contributed by atoms with Crippen molar-refractivity contribution in [1.29, 1.82) is 0 Å². The smallest absolute Gasteiger partial charge is 0.138 e. The Morgan fingerprint density at radius 3 is 2.61 bits per heavy atom. The zero-order chi connectivity index (χ0) is 13.0. The van der Waals surface area contributed by atoms with Crippen LogP contribution in [0.1, 0.15) is 24.2 Å². The summed E-state index contributed by atoms with van der Waals surface area (Å²) in [5.41, 5.74) is 1.80. The van der Waals surface area contributed by atoms with Gasteiger partial charge in [-0.1, -0.05) is 17.7 Å². The average molecular weight is 264 g/mol. The summed E-state index contributed by atoms with van der Waals surface area (Å²) < 4.78 is 5.62. The molecule has 0 saturated carbocycles. The summed E-state index contributed by atoms with van der Waals surface area (Å²) in [7, 11) is 0. The highest BCUT2D eigenvalue weighted by Crippen LogP contribution is 2.28. The predicted molar refractivity (Wildman–Crippen MR) is 70.7 cm³/mol. The second-order valence-electron chi connectivity index (χ2n) is 4.01. The van der Waals surface area contributed by atoms with E-state index >= 15 is 0 Å². The van der Waals surface area contributed by atoms with E-state index in [1.807, 2.05) is 12.1 Å². The number of pyridine rings is 1. The van der Waals surface area contributed by atoms with Crippen LogP contribution >= 0.6 is 11.6 Å². The van der Waals surface area contributed by atoms with Crippen molar-refractivity contribution in [2.45, 2.75) is 19.6 Å². The standard InChI is InChI=1S/C14H14ClNO2/c1-10(17)12-2-3-14(13(15)8-12)18-9-11-4-6-16-7-5-11/h2-8,10,17H,9H2,1H3/t10-/m1/s1. The molecule has 0 aliphatic heterocycles. The van der Waals surface area contributed by atoms with Gasteiger partial charge in [0.05, 0.1) is 11.1 Å². The number of halogens is 1. The molecule has 18 heavy (non-hydrogen) atoms. The van der Waals surface area contributed by atoms with Crippen LogP contribution in [0.5, 0.6) is 5.75 Å². The van der Waals surface area contributed by atoms with Crippen molar-refractivity contribution in [3.63, 3.8) is 0 Å². The molecule has 0 bridgehead atoms. The monoisotopic (exact) mass is 263 g/mol. The molecule has 2 aromatic rings. The number of aliphatic hydroxyl groups excluding tert-OH is 1. The van der Waals surface area contributed by atoms with E-state index in [9.17, 15) is 5.11 Å². The molecule has 0 fully saturated rings. The first-order valence-corrected chi connectivity index (χ1v) is 6.04. The highest BCUT2D eigenvalue weighted by molar-refractivity contribution is 6.32. The second kappa shape index (κ2) is 5.85. The molecule has 0 amide bonds. The Hall–Kier alpha value is -1.58. The number of ether oxygens (including phenoxy) is 1. The van der Waals surface area contributed by atoms with Crippen LogP contribution < -0.4 is 4.74 Å². The van der Waals surface area contributed by atoms with Crippen molar-refractivity contribution in [1.82, 2.24) is 4.98 Å². The Kier molecular flexibility index (Phi) is 4.18. The van der Waals surface area contributed by atoms with Gasteiger partial charge in [0.15, 0.2) is 0 Å². The highest BCUT2D eigenvalue weighted by atomic mass is 35.5. The molecule has 94 valence electrons. The number of hydrogen-bond donors (Lipinski definition) is 1. The fraction of sp³-hybridized carbons (Fsp3) is 0.214. The highest BCUT2D eigenvalue weighted by Gasteiger charge is 2.06. The summed E-state index contributed by atoms with van der Waals surface area (Å²) >= 11 is 6.09. The summed E-state index contributed by atoms with van der Waals surface area (Å²) in [6.07, 6.45) is 2.91. The van der Waals surface area contributed by atoms with Crippen LogP contribution in [0.25, 0.3) is 0 Å². The summed E-state index contributed by atoms with van der Waals surface area (Å²) in [4.78, 5) is 3.94. The maximum atomic E-state index is 9.44. The number of rotatable bonds is 4. The molecule has 0 aliphatic rings. The minimum Gasteiger partial charge on any atom is -0.487 e. The van der Waals surface area contributed by atoms with Gasteiger partial charge in [0.2, 0.25) is 0 Å². The number of benzene rings is 1. The van der Waals surface area contributed by atoms with Crippen LogP contribution in [0.4, 0.5) is 0 Å². The molecule has 0 unspecified atom stereocenters. The molecular weight excluding hydrogens is 250 g/mol. The van der Waals surface area contributed by atoms with Crippen LogP contribution in [-0.4, -0.2) is 10.1 Å². The van der Waals surface area contributed by atoms with Crippen molar-refractivity contribution in [2.75, 3.05) is 0 Å². The van der Waals surface area contributed by atoms with Gasteiger partial charge in [-0.2, -0.15) is 0 Å². The molecule has 1 aromatic heterocycles. The van der Waals surface area contributed by atoms with Crippen molar-refractivity contribution >= 4 is 11.6 Å². The van der Waals surface area contributed by atoms with Crippen LogP contribution in [-0.2, 0) is 6.61 Å². The average Bonchev–Trinajstić information content (AvgIpc) is 2.38. The zero-order valence-electron chi connectivity index (χ0n) is 10.0. The molecule has 1 atom stereocenters. The minimum atomic E-state index is -0.531. The van der Waals surface area contributed by atoms with Crippen LogP contribution in [0.2, 0.25) is 5.02 Å². The Bertz CT molecular complexity index is 514.